The monoisotopic (exact) mass is 290 g/mol. The number of amides is 1. The molecule has 0 bridgehead atoms. The number of hydrogen-bond acceptors (Lipinski definition) is 2. The minimum Gasteiger partial charge on any atom is -0.384 e. The Kier molecular flexibility index (Phi) is 3.32. The summed E-state index contributed by atoms with van der Waals surface area (Å²) < 4.78 is 13.0. The summed E-state index contributed by atoms with van der Waals surface area (Å²) in [6.07, 6.45) is 0.973. The van der Waals surface area contributed by atoms with Crippen LogP contribution in [0.4, 0.5) is 15.8 Å². The van der Waals surface area contributed by atoms with E-state index in [9.17, 15) is 9.18 Å². The molecule has 0 atom stereocenters. The van der Waals surface area contributed by atoms with E-state index in [2.05, 4.69) is 10.6 Å². The Labute approximate surface area is 120 Å². The predicted octanol–water partition coefficient (Wildman–Crippen LogP) is 3.70. The highest BCUT2D eigenvalue weighted by Crippen LogP contribution is 2.25. The van der Waals surface area contributed by atoms with Crippen molar-refractivity contribution in [3.8, 4) is 0 Å². The average Bonchev–Trinajstić information content (AvgIpc) is 2.89. The number of rotatable bonds is 2. The van der Waals surface area contributed by atoms with Crippen LogP contribution in [0.2, 0.25) is 5.02 Å². The van der Waals surface area contributed by atoms with Crippen molar-refractivity contribution in [2.24, 2.45) is 0 Å². The van der Waals surface area contributed by atoms with Crippen LogP contribution < -0.4 is 10.6 Å². The molecule has 20 heavy (non-hydrogen) atoms. The zero-order valence-corrected chi connectivity index (χ0v) is 11.3. The molecule has 3 nitrogen and oxygen atoms in total. The van der Waals surface area contributed by atoms with E-state index in [1.165, 1.54) is 23.8 Å². The fourth-order valence-corrected chi connectivity index (χ4v) is 2.43. The number of hydrogen-bond donors (Lipinski definition) is 2. The van der Waals surface area contributed by atoms with Crippen molar-refractivity contribution in [1.29, 1.82) is 0 Å². The highest BCUT2D eigenvalue weighted by molar-refractivity contribution is 6.33. The Morgan fingerprint density at radius 2 is 2.10 bits per heavy atom. The quantitative estimate of drug-likeness (QED) is 0.885. The fourth-order valence-electron chi connectivity index (χ4n) is 2.22. The second-order valence-electron chi connectivity index (χ2n) is 4.63. The summed E-state index contributed by atoms with van der Waals surface area (Å²) in [6, 6.07) is 9.40. The van der Waals surface area contributed by atoms with E-state index >= 15 is 0 Å². The standard InChI is InChI=1S/C15H12ClFN2O/c16-12-8-11(17)3-4-13(12)19-15(20)10-2-1-9-5-6-18-14(9)7-10/h1-4,7-8,18H,5-6H2,(H,19,20). The van der Waals surface area contributed by atoms with Gasteiger partial charge in [-0.3, -0.25) is 4.79 Å². The van der Waals surface area contributed by atoms with E-state index in [1.807, 2.05) is 12.1 Å². The van der Waals surface area contributed by atoms with Crippen LogP contribution in [-0.4, -0.2) is 12.5 Å². The Balaban J connectivity index is 1.82. The minimum atomic E-state index is -0.435. The maximum atomic E-state index is 13.0. The van der Waals surface area contributed by atoms with Crippen molar-refractivity contribution in [2.45, 2.75) is 6.42 Å². The number of fused-ring (bicyclic) bond motifs is 1. The van der Waals surface area contributed by atoms with Gasteiger partial charge in [-0.2, -0.15) is 0 Å². The van der Waals surface area contributed by atoms with Crippen LogP contribution in [-0.2, 0) is 6.42 Å². The molecule has 3 rings (SSSR count). The molecule has 5 heteroatoms. The van der Waals surface area contributed by atoms with Gasteiger partial charge >= 0.3 is 0 Å². The van der Waals surface area contributed by atoms with E-state index < -0.39 is 5.82 Å². The highest BCUT2D eigenvalue weighted by Gasteiger charge is 2.14. The molecule has 1 amide bonds. The molecule has 0 spiro atoms. The maximum Gasteiger partial charge on any atom is 0.255 e. The largest absolute Gasteiger partial charge is 0.384 e. The minimum absolute atomic E-state index is 0.178. The van der Waals surface area contributed by atoms with Crippen molar-refractivity contribution in [1.82, 2.24) is 0 Å². The van der Waals surface area contributed by atoms with Gasteiger partial charge in [-0.1, -0.05) is 17.7 Å². The zero-order valence-electron chi connectivity index (χ0n) is 10.5. The predicted molar refractivity (Wildman–Crippen MR) is 78.0 cm³/mol. The third-order valence-electron chi connectivity index (χ3n) is 3.26. The van der Waals surface area contributed by atoms with E-state index in [1.54, 1.807) is 6.07 Å². The van der Waals surface area contributed by atoms with Crippen LogP contribution in [0.1, 0.15) is 15.9 Å². The molecule has 2 aromatic carbocycles. The van der Waals surface area contributed by atoms with Gasteiger partial charge in [0.15, 0.2) is 0 Å². The lowest BCUT2D eigenvalue weighted by Crippen LogP contribution is -2.12. The lowest BCUT2D eigenvalue weighted by atomic mass is 10.1. The fraction of sp³-hybridized carbons (Fsp3) is 0.133. The van der Waals surface area contributed by atoms with Crippen molar-refractivity contribution in [3.05, 3.63) is 58.4 Å². The van der Waals surface area contributed by atoms with Gasteiger partial charge in [-0.05, 0) is 42.3 Å². The molecule has 1 aliphatic heterocycles. The first-order chi connectivity index (χ1) is 9.63. The molecular formula is C15H12ClFN2O. The van der Waals surface area contributed by atoms with E-state index in [0.717, 1.165) is 18.7 Å². The molecule has 102 valence electrons. The number of benzene rings is 2. The van der Waals surface area contributed by atoms with Crippen molar-refractivity contribution >= 4 is 28.9 Å². The molecule has 2 aromatic rings. The Bertz CT molecular complexity index is 688. The van der Waals surface area contributed by atoms with Crippen LogP contribution in [0, 0.1) is 5.82 Å². The van der Waals surface area contributed by atoms with Crippen molar-refractivity contribution < 1.29 is 9.18 Å². The maximum absolute atomic E-state index is 13.0. The smallest absolute Gasteiger partial charge is 0.255 e. The lowest BCUT2D eigenvalue weighted by molar-refractivity contribution is 0.102. The normalized spacial score (nSPS) is 12.7. The molecule has 0 saturated heterocycles. The van der Waals surface area contributed by atoms with Crippen LogP contribution >= 0.6 is 11.6 Å². The molecule has 0 radical (unpaired) electrons. The first-order valence-electron chi connectivity index (χ1n) is 6.27. The Morgan fingerprint density at radius 3 is 2.90 bits per heavy atom. The molecule has 1 aliphatic rings. The molecule has 0 saturated carbocycles. The number of carbonyl (C=O) groups excluding carboxylic acids is 1. The van der Waals surface area contributed by atoms with Crippen molar-refractivity contribution in [2.75, 3.05) is 17.2 Å². The summed E-state index contributed by atoms with van der Waals surface area (Å²) in [5.41, 5.74) is 3.13. The van der Waals surface area contributed by atoms with Gasteiger partial charge in [0.25, 0.3) is 5.91 Å². The van der Waals surface area contributed by atoms with Gasteiger partial charge in [0.05, 0.1) is 10.7 Å². The van der Waals surface area contributed by atoms with E-state index in [-0.39, 0.29) is 10.9 Å². The van der Waals surface area contributed by atoms with Crippen LogP contribution in [0.15, 0.2) is 36.4 Å². The van der Waals surface area contributed by atoms with Gasteiger partial charge in [-0.15, -0.1) is 0 Å². The lowest BCUT2D eigenvalue weighted by Gasteiger charge is -2.08. The van der Waals surface area contributed by atoms with Crippen LogP contribution in [0.25, 0.3) is 0 Å². The molecule has 0 aliphatic carbocycles. The first-order valence-corrected chi connectivity index (χ1v) is 6.64. The molecule has 1 heterocycles. The number of halogens is 2. The number of carbonyl (C=O) groups is 1. The van der Waals surface area contributed by atoms with Gasteiger partial charge < -0.3 is 10.6 Å². The molecule has 2 N–H and O–H groups in total. The van der Waals surface area contributed by atoms with Crippen molar-refractivity contribution in [3.63, 3.8) is 0 Å². The van der Waals surface area contributed by atoms with Crippen LogP contribution in [0.3, 0.4) is 0 Å². The number of nitrogens with one attached hydrogen (secondary N) is 2. The third kappa shape index (κ3) is 2.47. The van der Waals surface area contributed by atoms with Gasteiger partial charge in [-0.25, -0.2) is 4.39 Å². The summed E-state index contributed by atoms with van der Waals surface area (Å²) in [6.45, 7) is 0.893. The first kappa shape index (κ1) is 12.9. The number of anilines is 2. The van der Waals surface area contributed by atoms with Gasteiger partial charge in [0.2, 0.25) is 0 Å². The highest BCUT2D eigenvalue weighted by atomic mass is 35.5. The topological polar surface area (TPSA) is 41.1 Å². The van der Waals surface area contributed by atoms with Crippen LogP contribution in [0.5, 0.6) is 0 Å². The molecular weight excluding hydrogens is 279 g/mol. The van der Waals surface area contributed by atoms with Gasteiger partial charge in [0, 0.05) is 17.8 Å². The molecule has 0 aromatic heterocycles. The summed E-state index contributed by atoms with van der Waals surface area (Å²) in [4.78, 5) is 12.2. The molecule has 0 unspecified atom stereocenters. The van der Waals surface area contributed by atoms with E-state index in [4.69, 9.17) is 11.6 Å². The van der Waals surface area contributed by atoms with Gasteiger partial charge in [0.1, 0.15) is 5.82 Å². The zero-order chi connectivity index (χ0) is 14.1. The van der Waals surface area contributed by atoms with E-state index in [0.29, 0.717) is 11.3 Å². The second-order valence-corrected chi connectivity index (χ2v) is 5.03. The Hall–Kier alpha value is -2.07. The summed E-state index contributed by atoms with van der Waals surface area (Å²) in [5.74, 6) is -0.704. The third-order valence-corrected chi connectivity index (χ3v) is 3.57. The summed E-state index contributed by atoms with van der Waals surface area (Å²) in [5, 5.41) is 6.08. The second kappa shape index (κ2) is 5.13. The summed E-state index contributed by atoms with van der Waals surface area (Å²) >= 11 is 5.89. The average molecular weight is 291 g/mol. The summed E-state index contributed by atoms with van der Waals surface area (Å²) in [7, 11) is 0. The molecule has 0 fully saturated rings. The SMILES string of the molecule is O=C(Nc1ccc(F)cc1Cl)c1ccc2c(c1)NCC2. The Morgan fingerprint density at radius 1 is 1.25 bits per heavy atom.